The fourth-order valence-corrected chi connectivity index (χ4v) is 2.56. The smallest absolute Gasteiger partial charge is 0.137 e. The fraction of sp³-hybridized carbons (Fsp3) is 0.294. The molecule has 0 saturated heterocycles. The second kappa shape index (κ2) is 7.57. The van der Waals surface area contributed by atoms with Crippen LogP contribution in [-0.2, 0) is 6.42 Å². The molecule has 0 aliphatic rings. The molecule has 0 heterocycles. The van der Waals surface area contributed by atoms with Crippen molar-refractivity contribution in [1.82, 2.24) is 5.32 Å². The highest BCUT2D eigenvalue weighted by Gasteiger charge is 2.07. The quantitative estimate of drug-likeness (QED) is 0.827. The van der Waals surface area contributed by atoms with E-state index in [0.29, 0.717) is 4.47 Å². The summed E-state index contributed by atoms with van der Waals surface area (Å²) in [5.74, 6) is 0.644. The monoisotopic (exact) mass is 351 g/mol. The highest BCUT2D eigenvalue weighted by molar-refractivity contribution is 9.10. The molecule has 0 aromatic heterocycles. The van der Waals surface area contributed by atoms with Crippen molar-refractivity contribution in [2.75, 3.05) is 13.7 Å². The van der Waals surface area contributed by atoms with Crippen LogP contribution in [0.2, 0.25) is 0 Å². The molecule has 2 aromatic rings. The number of methoxy groups -OCH3 is 1. The number of ether oxygens (including phenoxy) is 1. The van der Waals surface area contributed by atoms with Crippen molar-refractivity contribution in [3.63, 3.8) is 0 Å². The van der Waals surface area contributed by atoms with E-state index in [0.717, 1.165) is 24.3 Å². The minimum Gasteiger partial charge on any atom is -0.497 e. The third-order valence-corrected chi connectivity index (χ3v) is 4.05. The largest absolute Gasteiger partial charge is 0.497 e. The molecular formula is C17H19BrFNO. The molecule has 0 bridgehead atoms. The summed E-state index contributed by atoms with van der Waals surface area (Å²) in [6.45, 7) is 2.93. The molecule has 0 fully saturated rings. The predicted octanol–water partition coefficient (Wildman–Crippen LogP) is 4.49. The second-order valence-corrected chi connectivity index (χ2v) is 5.81. The third kappa shape index (κ3) is 4.55. The highest BCUT2D eigenvalue weighted by Crippen LogP contribution is 2.21. The van der Waals surface area contributed by atoms with Crippen LogP contribution in [0.1, 0.15) is 24.1 Å². The standard InChI is InChI=1S/C17H19BrFNO/c1-12(14-6-7-17(19)16(18)11-14)20-9-8-13-4-3-5-15(10-13)21-2/h3-7,10-12,20H,8-9H2,1-2H3. The summed E-state index contributed by atoms with van der Waals surface area (Å²) < 4.78 is 18.9. The first-order valence-corrected chi connectivity index (χ1v) is 7.70. The first-order valence-electron chi connectivity index (χ1n) is 6.91. The molecule has 2 nitrogen and oxygen atoms in total. The van der Waals surface area contributed by atoms with Crippen LogP contribution in [0.5, 0.6) is 5.75 Å². The lowest BCUT2D eigenvalue weighted by Crippen LogP contribution is -2.21. The number of hydrogen-bond donors (Lipinski definition) is 1. The minimum absolute atomic E-state index is 0.174. The van der Waals surface area contributed by atoms with Crippen molar-refractivity contribution in [3.05, 3.63) is 63.9 Å². The van der Waals surface area contributed by atoms with Crippen molar-refractivity contribution in [3.8, 4) is 5.75 Å². The third-order valence-electron chi connectivity index (χ3n) is 3.44. The summed E-state index contributed by atoms with van der Waals surface area (Å²) >= 11 is 3.22. The molecule has 0 spiro atoms. The molecule has 21 heavy (non-hydrogen) atoms. The number of hydrogen-bond acceptors (Lipinski definition) is 2. The molecule has 1 unspecified atom stereocenters. The number of rotatable bonds is 6. The molecule has 1 N–H and O–H groups in total. The molecule has 2 rings (SSSR count). The zero-order valence-corrected chi connectivity index (χ0v) is 13.8. The van der Waals surface area contributed by atoms with Crippen LogP contribution < -0.4 is 10.1 Å². The Morgan fingerprint density at radius 3 is 2.76 bits per heavy atom. The minimum atomic E-state index is -0.234. The Kier molecular flexibility index (Phi) is 5.76. The molecule has 112 valence electrons. The van der Waals surface area contributed by atoms with Crippen LogP contribution in [0.15, 0.2) is 46.9 Å². The SMILES string of the molecule is COc1cccc(CCNC(C)c2ccc(F)c(Br)c2)c1. The summed E-state index contributed by atoms with van der Waals surface area (Å²) in [5, 5.41) is 3.45. The summed E-state index contributed by atoms with van der Waals surface area (Å²) in [6, 6.07) is 13.4. The summed E-state index contributed by atoms with van der Waals surface area (Å²) in [4.78, 5) is 0. The lowest BCUT2D eigenvalue weighted by molar-refractivity contribution is 0.414. The van der Waals surface area contributed by atoms with Gasteiger partial charge in [0.15, 0.2) is 0 Å². The van der Waals surface area contributed by atoms with E-state index in [9.17, 15) is 4.39 Å². The van der Waals surface area contributed by atoms with Gasteiger partial charge in [0.25, 0.3) is 0 Å². The van der Waals surface area contributed by atoms with Gasteiger partial charge >= 0.3 is 0 Å². The van der Waals surface area contributed by atoms with Gasteiger partial charge in [-0.1, -0.05) is 18.2 Å². The molecular weight excluding hydrogens is 333 g/mol. The van der Waals surface area contributed by atoms with E-state index in [1.807, 2.05) is 30.3 Å². The average Bonchev–Trinajstić information content (AvgIpc) is 2.50. The second-order valence-electron chi connectivity index (χ2n) is 4.95. The first-order chi connectivity index (χ1) is 10.1. The molecule has 0 saturated carbocycles. The highest BCUT2D eigenvalue weighted by atomic mass is 79.9. The summed E-state index contributed by atoms with van der Waals surface area (Å²) in [7, 11) is 1.67. The van der Waals surface area contributed by atoms with E-state index in [-0.39, 0.29) is 11.9 Å². The van der Waals surface area contributed by atoms with E-state index in [1.165, 1.54) is 11.6 Å². The maximum atomic E-state index is 13.2. The topological polar surface area (TPSA) is 21.3 Å². The van der Waals surface area contributed by atoms with Crippen molar-refractivity contribution in [1.29, 1.82) is 0 Å². The number of nitrogens with one attached hydrogen (secondary N) is 1. The Hall–Kier alpha value is -1.39. The maximum Gasteiger partial charge on any atom is 0.137 e. The fourth-order valence-electron chi connectivity index (χ4n) is 2.16. The zero-order valence-electron chi connectivity index (χ0n) is 12.2. The molecule has 0 amide bonds. The van der Waals surface area contributed by atoms with Gasteiger partial charge in [-0.15, -0.1) is 0 Å². The van der Waals surface area contributed by atoms with Gasteiger partial charge in [-0.25, -0.2) is 4.39 Å². The Morgan fingerprint density at radius 1 is 1.24 bits per heavy atom. The summed E-state index contributed by atoms with van der Waals surface area (Å²) in [5.41, 5.74) is 2.29. The van der Waals surface area contributed by atoms with E-state index >= 15 is 0 Å². The molecule has 1 atom stereocenters. The van der Waals surface area contributed by atoms with Crippen LogP contribution in [-0.4, -0.2) is 13.7 Å². The normalized spacial score (nSPS) is 12.2. The maximum absolute atomic E-state index is 13.2. The van der Waals surface area contributed by atoms with Gasteiger partial charge in [-0.3, -0.25) is 0 Å². The van der Waals surface area contributed by atoms with E-state index in [4.69, 9.17) is 4.74 Å². The van der Waals surface area contributed by atoms with Gasteiger partial charge < -0.3 is 10.1 Å². The van der Waals surface area contributed by atoms with Crippen LogP contribution in [0.25, 0.3) is 0 Å². The van der Waals surface area contributed by atoms with E-state index < -0.39 is 0 Å². The molecule has 0 aliphatic carbocycles. The lowest BCUT2D eigenvalue weighted by atomic mass is 10.1. The van der Waals surface area contributed by atoms with Crippen LogP contribution in [0.4, 0.5) is 4.39 Å². The van der Waals surface area contributed by atoms with Gasteiger partial charge in [0.1, 0.15) is 11.6 Å². The van der Waals surface area contributed by atoms with Gasteiger partial charge in [0, 0.05) is 6.04 Å². The average molecular weight is 352 g/mol. The molecule has 2 aromatic carbocycles. The lowest BCUT2D eigenvalue weighted by Gasteiger charge is -2.15. The van der Waals surface area contributed by atoms with Crippen LogP contribution in [0, 0.1) is 5.82 Å². The van der Waals surface area contributed by atoms with Crippen molar-refractivity contribution >= 4 is 15.9 Å². The van der Waals surface area contributed by atoms with Crippen LogP contribution in [0.3, 0.4) is 0 Å². The van der Waals surface area contributed by atoms with Gasteiger partial charge in [0.2, 0.25) is 0 Å². The Balaban J connectivity index is 1.88. The molecule has 0 aliphatic heterocycles. The van der Waals surface area contributed by atoms with Crippen LogP contribution >= 0.6 is 15.9 Å². The van der Waals surface area contributed by atoms with Gasteiger partial charge in [-0.05, 0) is 71.2 Å². The van der Waals surface area contributed by atoms with Gasteiger partial charge in [0.05, 0.1) is 11.6 Å². The van der Waals surface area contributed by atoms with Gasteiger partial charge in [-0.2, -0.15) is 0 Å². The Labute approximate surface area is 133 Å². The van der Waals surface area contributed by atoms with Crippen molar-refractivity contribution in [2.24, 2.45) is 0 Å². The van der Waals surface area contributed by atoms with Crippen molar-refractivity contribution in [2.45, 2.75) is 19.4 Å². The Morgan fingerprint density at radius 2 is 2.05 bits per heavy atom. The zero-order chi connectivity index (χ0) is 15.2. The number of benzene rings is 2. The van der Waals surface area contributed by atoms with E-state index in [1.54, 1.807) is 7.11 Å². The van der Waals surface area contributed by atoms with E-state index in [2.05, 4.69) is 34.2 Å². The molecule has 0 radical (unpaired) electrons. The summed E-state index contributed by atoms with van der Waals surface area (Å²) in [6.07, 6.45) is 0.921. The number of halogens is 2. The molecule has 4 heteroatoms. The predicted molar refractivity (Wildman–Crippen MR) is 87.2 cm³/mol. The Bertz CT molecular complexity index is 603. The van der Waals surface area contributed by atoms with Crippen molar-refractivity contribution < 1.29 is 9.13 Å². The first kappa shape index (κ1) is 16.0.